The molecule has 3 rings (SSSR count). The highest BCUT2D eigenvalue weighted by Gasteiger charge is 2.16. The summed E-state index contributed by atoms with van der Waals surface area (Å²) in [6.07, 6.45) is 1.74. The Morgan fingerprint density at radius 2 is 1.88 bits per heavy atom. The third-order valence-electron chi connectivity index (χ3n) is 3.47. The van der Waals surface area contributed by atoms with Crippen LogP contribution >= 0.6 is 0 Å². The van der Waals surface area contributed by atoms with Gasteiger partial charge in [0.05, 0.1) is 11.0 Å². The van der Waals surface area contributed by atoms with E-state index in [1.54, 1.807) is 12.4 Å². The predicted molar refractivity (Wildman–Crippen MR) is 96.8 cm³/mol. The fourth-order valence-electron chi connectivity index (χ4n) is 2.44. The molecule has 0 amide bonds. The summed E-state index contributed by atoms with van der Waals surface area (Å²) in [6.45, 7) is 5.32. The van der Waals surface area contributed by atoms with Gasteiger partial charge in [-0.05, 0) is 57.2 Å². The first kappa shape index (κ1) is 16.8. The number of rotatable bonds is 4. The Kier molecular flexibility index (Phi) is 4.35. The molecule has 25 heavy (non-hydrogen) atoms. The fraction of sp³-hybridized carbons (Fsp3) is 0.263. The predicted octanol–water partition coefficient (Wildman–Crippen LogP) is 3.33. The second kappa shape index (κ2) is 6.47. The Morgan fingerprint density at radius 3 is 2.56 bits per heavy atom. The SMILES string of the molecule is CC(C)(C)OC(=O)COc1ccc2c(c1)ncn2-c1ccc(N)cc1. The van der Waals surface area contributed by atoms with E-state index >= 15 is 0 Å². The van der Waals surface area contributed by atoms with E-state index in [0.717, 1.165) is 16.7 Å². The topological polar surface area (TPSA) is 79.4 Å². The van der Waals surface area contributed by atoms with Crippen LogP contribution in [-0.2, 0) is 9.53 Å². The van der Waals surface area contributed by atoms with Crippen LogP contribution in [0.15, 0.2) is 48.8 Å². The van der Waals surface area contributed by atoms with Crippen molar-refractivity contribution < 1.29 is 14.3 Å². The number of carbonyl (C=O) groups is 1. The van der Waals surface area contributed by atoms with E-state index in [-0.39, 0.29) is 6.61 Å². The van der Waals surface area contributed by atoms with Gasteiger partial charge >= 0.3 is 5.97 Å². The maximum Gasteiger partial charge on any atom is 0.344 e. The zero-order valence-electron chi connectivity index (χ0n) is 14.5. The van der Waals surface area contributed by atoms with Crippen molar-refractivity contribution in [1.82, 2.24) is 9.55 Å². The number of aromatic nitrogens is 2. The number of imidazole rings is 1. The first-order valence-corrected chi connectivity index (χ1v) is 7.99. The highest BCUT2D eigenvalue weighted by atomic mass is 16.6. The number of fused-ring (bicyclic) bond motifs is 1. The third-order valence-corrected chi connectivity index (χ3v) is 3.47. The molecule has 2 N–H and O–H groups in total. The van der Waals surface area contributed by atoms with E-state index in [1.165, 1.54) is 0 Å². The number of anilines is 1. The lowest BCUT2D eigenvalue weighted by molar-refractivity contribution is -0.157. The summed E-state index contributed by atoms with van der Waals surface area (Å²) in [6, 6.07) is 13.1. The first-order chi connectivity index (χ1) is 11.8. The van der Waals surface area contributed by atoms with Gasteiger partial charge in [-0.3, -0.25) is 4.57 Å². The highest BCUT2D eigenvalue weighted by molar-refractivity contribution is 5.79. The van der Waals surface area contributed by atoms with Crippen molar-refractivity contribution >= 4 is 22.7 Å². The lowest BCUT2D eigenvalue weighted by Gasteiger charge is -2.19. The van der Waals surface area contributed by atoms with Crippen molar-refractivity contribution in [3.05, 3.63) is 48.8 Å². The molecule has 6 heteroatoms. The zero-order chi connectivity index (χ0) is 18.0. The van der Waals surface area contributed by atoms with Crippen LogP contribution in [0.25, 0.3) is 16.7 Å². The molecule has 0 saturated carbocycles. The summed E-state index contributed by atoms with van der Waals surface area (Å²) < 4.78 is 12.7. The number of ether oxygens (including phenoxy) is 2. The zero-order valence-corrected chi connectivity index (χ0v) is 14.5. The van der Waals surface area contributed by atoms with Gasteiger partial charge < -0.3 is 15.2 Å². The van der Waals surface area contributed by atoms with Gasteiger partial charge in [0.15, 0.2) is 6.61 Å². The van der Waals surface area contributed by atoms with E-state index in [2.05, 4.69) is 4.98 Å². The largest absolute Gasteiger partial charge is 0.482 e. The Hall–Kier alpha value is -3.02. The van der Waals surface area contributed by atoms with E-state index in [1.807, 2.05) is 61.7 Å². The molecule has 0 fully saturated rings. The minimum atomic E-state index is -0.526. The van der Waals surface area contributed by atoms with E-state index in [9.17, 15) is 4.79 Å². The van der Waals surface area contributed by atoms with Gasteiger partial charge in [-0.2, -0.15) is 0 Å². The molecule has 0 radical (unpaired) electrons. The maximum absolute atomic E-state index is 11.7. The molecule has 0 aliphatic heterocycles. The summed E-state index contributed by atoms with van der Waals surface area (Å²) in [4.78, 5) is 16.1. The Labute approximate surface area is 146 Å². The van der Waals surface area contributed by atoms with Crippen LogP contribution < -0.4 is 10.5 Å². The molecule has 6 nitrogen and oxygen atoms in total. The average molecular weight is 339 g/mol. The standard InChI is InChI=1S/C19H21N3O3/c1-19(2,3)25-18(23)11-24-15-8-9-17-16(10-15)21-12-22(17)14-6-4-13(20)5-7-14/h4-10,12H,11,20H2,1-3H3. The van der Waals surface area contributed by atoms with Crippen LogP contribution in [0.2, 0.25) is 0 Å². The third kappa shape index (κ3) is 4.09. The molecule has 0 unspecified atom stereocenters. The molecular weight excluding hydrogens is 318 g/mol. The normalized spacial score (nSPS) is 11.5. The number of hydrogen-bond donors (Lipinski definition) is 1. The number of benzene rings is 2. The summed E-state index contributed by atoms with van der Waals surface area (Å²) >= 11 is 0. The van der Waals surface area contributed by atoms with Crippen molar-refractivity contribution in [1.29, 1.82) is 0 Å². The first-order valence-electron chi connectivity index (χ1n) is 7.99. The number of nitrogen functional groups attached to an aromatic ring is 1. The van der Waals surface area contributed by atoms with Crippen molar-refractivity contribution in [3.8, 4) is 11.4 Å². The Bertz CT molecular complexity index is 892. The van der Waals surface area contributed by atoms with Gasteiger partial charge in [-0.1, -0.05) is 0 Å². The van der Waals surface area contributed by atoms with Crippen LogP contribution in [0.5, 0.6) is 5.75 Å². The lowest BCUT2D eigenvalue weighted by Crippen LogP contribution is -2.27. The van der Waals surface area contributed by atoms with Crippen LogP contribution in [0.3, 0.4) is 0 Å². The average Bonchev–Trinajstić information content (AvgIpc) is 2.95. The summed E-state index contributed by atoms with van der Waals surface area (Å²) in [5.41, 5.74) is 8.60. The minimum Gasteiger partial charge on any atom is -0.482 e. The van der Waals surface area contributed by atoms with Crippen molar-refractivity contribution in [3.63, 3.8) is 0 Å². The molecule has 1 aromatic heterocycles. The second-order valence-corrected chi connectivity index (χ2v) is 6.73. The number of nitrogens with two attached hydrogens (primary N) is 1. The fourth-order valence-corrected chi connectivity index (χ4v) is 2.44. The van der Waals surface area contributed by atoms with Crippen LogP contribution in [0, 0.1) is 0 Å². The van der Waals surface area contributed by atoms with Gasteiger partial charge in [-0.25, -0.2) is 9.78 Å². The number of hydrogen-bond acceptors (Lipinski definition) is 5. The van der Waals surface area contributed by atoms with Crippen LogP contribution in [-0.4, -0.2) is 27.7 Å². The minimum absolute atomic E-state index is 0.137. The van der Waals surface area contributed by atoms with Gasteiger partial charge in [0, 0.05) is 17.4 Å². The molecule has 0 spiro atoms. The van der Waals surface area contributed by atoms with E-state index in [4.69, 9.17) is 15.2 Å². The van der Waals surface area contributed by atoms with Gasteiger partial charge in [0.25, 0.3) is 0 Å². The summed E-state index contributed by atoms with van der Waals surface area (Å²) in [5.74, 6) is 0.168. The molecule has 130 valence electrons. The van der Waals surface area contributed by atoms with Crippen LogP contribution in [0.1, 0.15) is 20.8 Å². The summed E-state index contributed by atoms with van der Waals surface area (Å²) in [7, 11) is 0. The molecule has 0 atom stereocenters. The molecule has 0 aliphatic carbocycles. The van der Waals surface area contributed by atoms with Crippen molar-refractivity contribution in [2.24, 2.45) is 0 Å². The number of nitrogens with zero attached hydrogens (tertiary/aromatic N) is 2. The van der Waals surface area contributed by atoms with Crippen molar-refractivity contribution in [2.45, 2.75) is 26.4 Å². The molecule has 3 aromatic rings. The highest BCUT2D eigenvalue weighted by Crippen LogP contribution is 2.23. The molecule has 1 heterocycles. The second-order valence-electron chi connectivity index (χ2n) is 6.73. The summed E-state index contributed by atoms with van der Waals surface area (Å²) in [5, 5.41) is 0. The Balaban J connectivity index is 1.76. The molecule has 0 bridgehead atoms. The van der Waals surface area contributed by atoms with E-state index < -0.39 is 11.6 Å². The molecule has 2 aromatic carbocycles. The van der Waals surface area contributed by atoms with Crippen molar-refractivity contribution in [2.75, 3.05) is 12.3 Å². The quantitative estimate of drug-likeness (QED) is 0.582. The lowest BCUT2D eigenvalue weighted by atomic mass is 10.2. The maximum atomic E-state index is 11.7. The van der Waals surface area contributed by atoms with Gasteiger partial charge in [-0.15, -0.1) is 0 Å². The Morgan fingerprint density at radius 1 is 1.16 bits per heavy atom. The molecule has 0 saturated heterocycles. The molecular formula is C19H21N3O3. The molecule has 0 aliphatic rings. The smallest absolute Gasteiger partial charge is 0.344 e. The van der Waals surface area contributed by atoms with Gasteiger partial charge in [0.2, 0.25) is 0 Å². The number of esters is 1. The monoisotopic (exact) mass is 339 g/mol. The van der Waals surface area contributed by atoms with E-state index in [0.29, 0.717) is 11.4 Å². The number of carbonyl (C=O) groups excluding carboxylic acids is 1. The van der Waals surface area contributed by atoms with Gasteiger partial charge in [0.1, 0.15) is 17.7 Å². The van der Waals surface area contributed by atoms with Crippen LogP contribution in [0.4, 0.5) is 5.69 Å².